The summed E-state index contributed by atoms with van der Waals surface area (Å²) in [5.74, 6) is -0.786. The molecule has 7 nitrogen and oxygen atoms in total. The van der Waals surface area contributed by atoms with Crippen molar-refractivity contribution in [1.82, 2.24) is 10.2 Å². The highest BCUT2D eigenvalue weighted by molar-refractivity contribution is 7.92. The summed E-state index contributed by atoms with van der Waals surface area (Å²) in [6.07, 6.45) is 3.94. The zero-order valence-corrected chi connectivity index (χ0v) is 23.9. The lowest BCUT2D eigenvalue weighted by molar-refractivity contribution is -0.139. The first-order valence-electron chi connectivity index (χ1n) is 12.8. The van der Waals surface area contributed by atoms with Crippen LogP contribution in [0.25, 0.3) is 0 Å². The number of amides is 2. The van der Waals surface area contributed by atoms with Crippen molar-refractivity contribution in [2.75, 3.05) is 10.8 Å². The second-order valence-corrected chi connectivity index (χ2v) is 12.4. The fourth-order valence-electron chi connectivity index (χ4n) is 4.65. The summed E-state index contributed by atoms with van der Waals surface area (Å²) in [4.78, 5) is 28.5. The number of nitrogens with one attached hydrogen (secondary N) is 1. The molecule has 2 amide bonds. The molecule has 39 heavy (non-hydrogen) atoms. The van der Waals surface area contributed by atoms with E-state index in [0.29, 0.717) is 10.0 Å². The van der Waals surface area contributed by atoms with E-state index in [1.54, 1.807) is 25.1 Å². The molecule has 1 atom stereocenters. The maximum atomic E-state index is 13.9. The fraction of sp³-hybridized carbons (Fsp3) is 0.310. The van der Waals surface area contributed by atoms with Crippen LogP contribution in [0.3, 0.4) is 0 Å². The van der Waals surface area contributed by atoms with Gasteiger partial charge in [0.05, 0.1) is 10.6 Å². The summed E-state index contributed by atoms with van der Waals surface area (Å²) < 4.78 is 28.6. The Morgan fingerprint density at radius 1 is 0.923 bits per heavy atom. The normalized spacial score (nSPS) is 14.5. The Morgan fingerprint density at radius 2 is 1.59 bits per heavy atom. The molecule has 1 saturated carbocycles. The topological polar surface area (TPSA) is 86.8 Å². The molecule has 3 aromatic rings. The fourth-order valence-corrected chi connectivity index (χ4v) is 6.36. The average molecular weight is 589 g/mol. The third-order valence-corrected chi connectivity index (χ3v) is 9.12. The standard InChI is InChI=1S/C29H31Cl2N3O4S/c1-21(29(36)32-25-11-5-6-12-25)33(19-22-8-3-2-4-9-22)28(35)20-34(26-13-7-10-24(31)18-26)39(37,38)27-16-14-23(30)15-17-27/h2-4,7-10,13-18,21,25H,5-6,11-12,19-20H2,1H3,(H,32,36)/t21-/m0/s1. The van der Waals surface area contributed by atoms with Crippen LogP contribution in [0.1, 0.15) is 38.2 Å². The van der Waals surface area contributed by atoms with Crippen molar-refractivity contribution >= 4 is 50.7 Å². The molecule has 0 saturated heterocycles. The van der Waals surface area contributed by atoms with E-state index >= 15 is 0 Å². The Bertz CT molecular complexity index is 1400. The maximum absolute atomic E-state index is 13.9. The van der Waals surface area contributed by atoms with Gasteiger partial charge in [0, 0.05) is 22.6 Å². The predicted molar refractivity (Wildman–Crippen MR) is 154 cm³/mol. The molecule has 4 rings (SSSR count). The molecule has 1 N–H and O–H groups in total. The third kappa shape index (κ3) is 7.32. The highest BCUT2D eigenvalue weighted by atomic mass is 35.5. The van der Waals surface area contributed by atoms with E-state index < -0.39 is 28.5 Å². The molecular weight excluding hydrogens is 557 g/mol. The molecular formula is C29H31Cl2N3O4S. The molecule has 206 valence electrons. The van der Waals surface area contributed by atoms with Crippen molar-refractivity contribution in [3.05, 3.63) is 94.5 Å². The number of hydrogen-bond acceptors (Lipinski definition) is 4. The van der Waals surface area contributed by atoms with Crippen LogP contribution in [0.5, 0.6) is 0 Å². The van der Waals surface area contributed by atoms with Gasteiger partial charge < -0.3 is 10.2 Å². The molecule has 0 aromatic heterocycles. The SMILES string of the molecule is C[C@@H](C(=O)NC1CCCC1)N(Cc1ccccc1)C(=O)CN(c1cccc(Cl)c1)S(=O)(=O)c1ccc(Cl)cc1. The Labute approximate surface area is 239 Å². The Hall–Kier alpha value is -3.07. The van der Waals surface area contributed by atoms with Gasteiger partial charge in [0.2, 0.25) is 11.8 Å². The predicted octanol–water partition coefficient (Wildman–Crippen LogP) is 5.66. The largest absolute Gasteiger partial charge is 0.352 e. The lowest BCUT2D eigenvalue weighted by Crippen LogP contribution is -2.52. The van der Waals surface area contributed by atoms with Gasteiger partial charge in [0.25, 0.3) is 10.0 Å². The highest BCUT2D eigenvalue weighted by Crippen LogP contribution is 2.27. The Balaban J connectivity index is 1.67. The van der Waals surface area contributed by atoms with Gasteiger partial charge in [0.1, 0.15) is 12.6 Å². The first-order valence-corrected chi connectivity index (χ1v) is 15.0. The first kappa shape index (κ1) is 28.9. The quantitative estimate of drug-likeness (QED) is 0.331. The zero-order valence-electron chi connectivity index (χ0n) is 21.6. The van der Waals surface area contributed by atoms with E-state index in [9.17, 15) is 18.0 Å². The van der Waals surface area contributed by atoms with Gasteiger partial charge >= 0.3 is 0 Å². The van der Waals surface area contributed by atoms with Crippen molar-refractivity contribution in [3.63, 3.8) is 0 Å². The summed E-state index contributed by atoms with van der Waals surface area (Å²) >= 11 is 12.2. The van der Waals surface area contributed by atoms with E-state index in [-0.39, 0.29) is 29.1 Å². The van der Waals surface area contributed by atoms with Crippen molar-refractivity contribution in [1.29, 1.82) is 0 Å². The summed E-state index contributed by atoms with van der Waals surface area (Å²) in [6.45, 7) is 1.28. The Kier molecular flexibility index (Phi) is 9.53. The molecule has 0 heterocycles. The van der Waals surface area contributed by atoms with Crippen LogP contribution in [0.2, 0.25) is 10.0 Å². The van der Waals surface area contributed by atoms with E-state index in [2.05, 4.69) is 5.32 Å². The third-order valence-electron chi connectivity index (χ3n) is 6.84. The molecule has 0 radical (unpaired) electrons. The van der Waals surface area contributed by atoms with Gasteiger partial charge in [-0.1, -0.05) is 72.4 Å². The van der Waals surface area contributed by atoms with Crippen LogP contribution in [-0.2, 0) is 26.2 Å². The number of rotatable bonds is 10. The van der Waals surface area contributed by atoms with Crippen LogP contribution < -0.4 is 9.62 Å². The van der Waals surface area contributed by atoms with Crippen molar-refractivity contribution < 1.29 is 18.0 Å². The molecule has 1 aliphatic rings. The molecule has 0 spiro atoms. The highest BCUT2D eigenvalue weighted by Gasteiger charge is 2.33. The van der Waals surface area contributed by atoms with Gasteiger partial charge in [-0.2, -0.15) is 0 Å². The number of hydrogen-bond donors (Lipinski definition) is 1. The van der Waals surface area contributed by atoms with E-state index in [1.165, 1.54) is 35.2 Å². The smallest absolute Gasteiger partial charge is 0.264 e. The summed E-state index contributed by atoms with van der Waals surface area (Å²) in [7, 11) is -4.19. The van der Waals surface area contributed by atoms with Gasteiger partial charge in [-0.3, -0.25) is 13.9 Å². The molecule has 10 heteroatoms. The lowest BCUT2D eigenvalue weighted by atomic mass is 10.1. The number of anilines is 1. The van der Waals surface area contributed by atoms with E-state index in [4.69, 9.17) is 23.2 Å². The van der Waals surface area contributed by atoms with Gasteiger partial charge in [-0.25, -0.2) is 8.42 Å². The molecule has 1 aliphatic carbocycles. The minimum atomic E-state index is -4.19. The zero-order chi connectivity index (χ0) is 28.0. The number of carbonyl (C=O) groups excluding carboxylic acids is 2. The minimum Gasteiger partial charge on any atom is -0.352 e. The average Bonchev–Trinajstić information content (AvgIpc) is 3.43. The van der Waals surface area contributed by atoms with E-state index in [0.717, 1.165) is 35.6 Å². The molecule has 0 unspecified atom stereocenters. The maximum Gasteiger partial charge on any atom is 0.264 e. The second kappa shape index (κ2) is 12.9. The van der Waals surface area contributed by atoms with Crippen molar-refractivity contribution in [2.24, 2.45) is 0 Å². The van der Waals surface area contributed by atoms with Gasteiger partial charge in [-0.05, 0) is 67.8 Å². The number of benzene rings is 3. The number of halogens is 2. The lowest BCUT2D eigenvalue weighted by Gasteiger charge is -2.32. The Morgan fingerprint density at radius 3 is 2.23 bits per heavy atom. The second-order valence-electron chi connectivity index (χ2n) is 9.62. The summed E-state index contributed by atoms with van der Waals surface area (Å²) in [5.41, 5.74) is 1.05. The molecule has 3 aromatic carbocycles. The number of nitrogens with zero attached hydrogens (tertiary/aromatic N) is 2. The van der Waals surface area contributed by atoms with Crippen LogP contribution in [0.15, 0.2) is 83.8 Å². The number of carbonyl (C=O) groups is 2. The van der Waals surface area contributed by atoms with Crippen molar-refractivity contribution in [3.8, 4) is 0 Å². The summed E-state index contributed by atoms with van der Waals surface area (Å²) in [5, 5.41) is 3.76. The monoisotopic (exact) mass is 587 g/mol. The summed E-state index contributed by atoms with van der Waals surface area (Å²) in [6, 6.07) is 20.6. The molecule has 1 fully saturated rings. The van der Waals surface area contributed by atoms with Gasteiger partial charge in [-0.15, -0.1) is 0 Å². The van der Waals surface area contributed by atoms with Crippen molar-refractivity contribution in [2.45, 2.75) is 56.1 Å². The molecule has 0 aliphatic heterocycles. The van der Waals surface area contributed by atoms with E-state index in [1.807, 2.05) is 30.3 Å². The molecule has 0 bridgehead atoms. The number of sulfonamides is 1. The minimum absolute atomic E-state index is 0.0266. The van der Waals surface area contributed by atoms with Crippen LogP contribution in [0, 0.1) is 0 Å². The van der Waals surface area contributed by atoms with Crippen LogP contribution >= 0.6 is 23.2 Å². The van der Waals surface area contributed by atoms with Crippen LogP contribution in [0.4, 0.5) is 5.69 Å². The van der Waals surface area contributed by atoms with Gasteiger partial charge in [0.15, 0.2) is 0 Å². The first-order chi connectivity index (χ1) is 18.6. The van der Waals surface area contributed by atoms with Crippen LogP contribution in [-0.4, -0.2) is 43.8 Å².